The Morgan fingerprint density at radius 2 is 2.10 bits per heavy atom. The van der Waals surface area contributed by atoms with Gasteiger partial charge in [0, 0.05) is 12.2 Å². The van der Waals surface area contributed by atoms with E-state index in [4.69, 9.17) is 0 Å². The number of rotatable bonds is 4. The van der Waals surface area contributed by atoms with Gasteiger partial charge in [0.2, 0.25) is 5.91 Å². The molecule has 20 heavy (non-hydrogen) atoms. The van der Waals surface area contributed by atoms with E-state index in [1.807, 2.05) is 0 Å². The molecular formula is C14H20N2O4. The molecule has 3 rings (SSSR count). The second-order valence-corrected chi connectivity index (χ2v) is 5.48. The van der Waals surface area contributed by atoms with Gasteiger partial charge in [0.25, 0.3) is 0 Å². The van der Waals surface area contributed by atoms with Crippen molar-refractivity contribution in [3.05, 3.63) is 11.9 Å². The highest BCUT2D eigenvalue weighted by atomic mass is 17.2. The molecule has 2 fully saturated rings. The summed E-state index contributed by atoms with van der Waals surface area (Å²) in [4.78, 5) is 36.7. The first-order chi connectivity index (χ1) is 9.72. The number of amides is 1. The molecule has 0 unspecified atom stereocenters. The van der Waals surface area contributed by atoms with Crippen molar-refractivity contribution in [2.24, 2.45) is 0 Å². The standard InChI is InChI=1S/C14H20N2O4/c1-2-19-20-14(18)11-9-15(10-6-4-3-5-7-10)12-8-13(17)16(11)12/h9-10,12H,2-8H2,1H3/t12-/m0/s1. The molecule has 0 aromatic carbocycles. The second kappa shape index (κ2) is 5.44. The van der Waals surface area contributed by atoms with Crippen molar-refractivity contribution in [1.82, 2.24) is 9.80 Å². The fourth-order valence-corrected chi connectivity index (χ4v) is 3.26. The molecule has 2 aliphatic heterocycles. The van der Waals surface area contributed by atoms with Gasteiger partial charge in [-0.05, 0) is 19.8 Å². The van der Waals surface area contributed by atoms with Gasteiger partial charge in [-0.1, -0.05) is 19.3 Å². The van der Waals surface area contributed by atoms with Crippen molar-refractivity contribution in [3.63, 3.8) is 0 Å². The lowest BCUT2D eigenvalue weighted by Crippen LogP contribution is -2.57. The van der Waals surface area contributed by atoms with Crippen molar-refractivity contribution < 1.29 is 19.4 Å². The minimum absolute atomic E-state index is 0.00905. The van der Waals surface area contributed by atoms with Crippen LogP contribution in [0, 0.1) is 0 Å². The van der Waals surface area contributed by atoms with Crippen LogP contribution in [0.2, 0.25) is 0 Å². The van der Waals surface area contributed by atoms with E-state index in [1.165, 1.54) is 24.2 Å². The average Bonchev–Trinajstić information content (AvgIpc) is 2.78. The second-order valence-electron chi connectivity index (χ2n) is 5.48. The van der Waals surface area contributed by atoms with E-state index in [9.17, 15) is 9.59 Å². The summed E-state index contributed by atoms with van der Waals surface area (Å²) in [6.45, 7) is 2.03. The number of β-lactam (4-membered cyclic amide) rings is 1. The van der Waals surface area contributed by atoms with Gasteiger partial charge in [0.1, 0.15) is 6.17 Å². The van der Waals surface area contributed by atoms with Crippen LogP contribution < -0.4 is 0 Å². The first-order valence-electron chi connectivity index (χ1n) is 7.37. The molecule has 110 valence electrons. The van der Waals surface area contributed by atoms with Crippen molar-refractivity contribution in [1.29, 1.82) is 0 Å². The molecule has 0 spiro atoms. The Morgan fingerprint density at radius 3 is 2.75 bits per heavy atom. The number of hydrogen-bond acceptors (Lipinski definition) is 5. The number of carbonyl (C=O) groups excluding carboxylic acids is 2. The van der Waals surface area contributed by atoms with E-state index < -0.39 is 5.97 Å². The maximum Gasteiger partial charge on any atom is 0.390 e. The Labute approximate surface area is 118 Å². The van der Waals surface area contributed by atoms with Gasteiger partial charge in [-0.25, -0.2) is 4.79 Å². The summed E-state index contributed by atoms with van der Waals surface area (Å²) < 4.78 is 0. The monoisotopic (exact) mass is 280 g/mol. The molecule has 0 radical (unpaired) electrons. The van der Waals surface area contributed by atoms with E-state index in [1.54, 1.807) is 13.1 Å². The van der Waals surface area contributed by atoms with Gasteiger partial charge in [-0.2, -0.15) is 4.89 Å². The van der Waals surface area contributed by atoms with Crippen LogP contribution in [-0.4, -0.2) is 40.5 Å². The molecule has 2 heterocycles. The Bertz CT molecular complexity index is 442. The van der Waals surface area contributed by atoms with E-state index in [0.717, 1.165) is 12.8 Å². The molecule has 1 amide bonds. The molecule has 0 bridgehead atoms. The van der Waals surface area contributed by atoms with Crippen LogP contribution in [0.3, 0.4) is 0 Å². The topological polar surface area (TPSA) is 59.1 Å². The van der Waals surface area contributed by atoms with E-state index in [0.29, 0.717) is 24.8 Å². The number of fused-ring (bicyclic) bond motifs is 1. The molecule has 0 N–H and O–H groups in total. The highest BCUT2D eigenvalue weighted by Gasteiger charge is 2.50. The van der Waals surface area contributed by atoms with Crippen LogP contribution in [0.15, 0.2) is 11.9 Å². The van der Waals surface area contributed by atoms with Gasteiger partial charge >= 0.3 is 5.97 Å². The summed E-state index contributed by atoms with van der Waals surface area (Å²) in [5, 5.41) is 0. The molecule has 0 aromatic rings. The SMILES string of the molecule is CCOOC(=O)C1=CN(C2CCCCC2)[C@@H]2CC(=O)N12. The van der Waals surface area contributed by atoms with Crippen molar-refractivity contribution in [2.45, 2.75) is 57.7 Å². The van der Waals surface area contributed by atoms with Gasteiger partial charge in [-0.15, -0.1) is 0 Å². The van der Waals surface area contributed by atoms with Gasteiger partial charge < -0.3 is 4.90 Å². The molecule has 6 heteroatoms. The fraction of sp³-hybridized carbons (Fsp3) is 0.714. The van der Waals surface area contributed by atoms with Crippen molar-refractivity contribution >= 4 is 11.9 Å². The third-order valence-electron chi connectivity index (χ3n) is 4.26. The normalized spacial score (nSPS) is 26.1. The van der Waals surface area contributed by atoms with Crippen LogP contribution in [0.5, 0.6) is 0 Å². The maximum absolute atomic E-state index is 11.9. The zero-order chi connectivity index (χ0) is 14.1. The number of hydrogen-bond donors (Lipinski definition) is 0. The van der Waals surface area contributed by atoms with Crippen LogP contribution in [0.1, 0.15) is 45.4 Å². The quantitative estimate of drug-likeness (QED) is 0.444. The molecule has 1 atom stereocenters. The largest absolute Gasteiger partial charge is 0.390 e. The third kappa shape index (κ3) is 2.18. The van der Waals surface area contributed by atoms with E-state index in [2.05, 4.69) is 14.7 Å². The van der Waals surface area contributed by atoms with Crippen molar-refractivity contribution in [2.75, 3.05) is 6.61 Å². The first-order valence-corrected chi connectivity index (χ1v) is 7.37. The zero-order valence-electron chi connectivity index (χ0n) is 11.7. The minimum Gasteiger partial charge on any atom is -0.351 e. The molecule has 1 saturated carbocycles. The first kappa shape index (κ1) is 13.4. The fourth-order valence-electron chi connectivity index (χ4n) is 3.26. The number of carbonyl (C=O) groups is 2. The maximum atomic E-state index is 11.9. The summed E-state index contributed by atoms with van der Waals surface area (Å²) in [5.41, 5.74) is 0.310. The summed E-state index contributed by atoms with van der Waals surface area (Å²) in [6, 6.07) is 0.432. The molecule has 1 saturated heterocycles. The summed E-state index contributed by atoms with van der Waals surface area (Å²) in [6.07, 6.45) is 8.25. The Morgan fingerprint density at radius 1 is 1.35 bits per heavy atom. The van der Waals surface area contributed by atoms with Crippen LogP contribution in [0.4, 0.5) is 0 Å². The highest BCUT2D eigenvalue weighted by molar-refractivity contribution is 5.97. The smallest absolute Gasteiger partial charge is 0.351 e. The molecule has 0 aromatic heterocycles. The van der Waals surface area contributed by atoms with Crippen molar-refractivity contribution in [3.8, 4) is 0 Å². The van der Waals surface area contributed by atoms with Crippen LogP contribution in [0.25, 0.3) is 0 Å². The Hall–Kier alpha value is -1.56. The lowest BCUT2D eigenvalue weighted by molar-refractivity contribution is -0.267. The van der Waals surface area contributed by atoms with E-state index in [-0.39, 0.29) is 12.1 Å². The zero-order valence-corrected chi connectivity index (χ0v) is 11.7. The van der Waals surface area contributed by atoms with Gasteiger partial charge in [0.15, 0.2) is 5.70 Å². The lowest BCUT2D eigenvalue weighted by atomic mass is 9.93. The molecule has 3 aliphatic rings. The van der Waals surface area contributed by atoms with E-state index >= 15 is 0 Å². The predicted octanol–water partition coefficient (Wildman–Crippen LogP) is 1.53. The summed E-state index contributed by atoms with van der Waals surface area (Å²) in [5.74, 6) is -0.601. The third-order valence-corrected chi connectivity index (χ3v) is 4.26. The molecule has 6 nitrogen and oxygen atoms in total. The average molecular weight is 280 g/mol. The Balaban J connectivity index is 1.74. The summed E-state index contributed by atoms with van der Waals surface area (Å²) >= 11 is 0. The minimum atomic E-state index is -0.580. The summed E-state index contributed by atoms with van der Waals surface area (Å²) in [7, 11) is 0. The molecule has 1 aliphatic carbocycles. The van der Waals surface area contributed by atoms with Crippen LogP contribution >= 0.6 is 0 Å². The number of nitrogens with zero attached hydrogens (tertiary/aromatic N) is 2. The Kier molecular flexibility index (Phi) is 3.65. The molecular weight excluding hydrogens is 260 g/mol. The lowest BCUT2D eigenvalue weighted by Gasteiger charge is -2.44. The van der Waals surface area contributed by atoms with Gasteiger partial charge in [0.05, 0.1) is 13.0 Å². The van der Waals surface area contributed by atoms with Crippen LogP contribution in [-0.2, 0) is 19.4 Å². The van der Waals surface area contributed by atoms with Gasteiger partial charge in [-0.3, -0.25) is 14.6 Å². The highest BCUT2D eigenvalue weighted by Crippen LogP contribution is 2.38. The predicted molar refractivity (Wildman–Crippen MR) is 69.8 cm³/mol.